The molecule has 11 heteroatoms. The third-order valence-electron chi connectivity index (χ3n) is 4.83. The average molecular weight is 498 g/mol. The van der Waals surface area contributed by atoms with Crippen molar-refractivity contribution in [1.82, 2.24) is 0 Å². The van der Waals surface area contributed by atoms with Gasteiger partial charge in [-0.1, -0.05) is 26.8 Å². The van der Waals surface area contributed by atoms with Crippen molar-refractivity contribution in [2.45, 2.75) is 60.1 Å². The summed E-state index contributed by atoms with van der Waals surface area (Å²) < 4.78 is 30.1. The predicted octanol–water partition coefficient (Wildman–Crippen LogP) is 3.39. The molecule has 1 unspecified atom stereocenters. The van der Waals surface area contributed by atoms with E-state index in [0.717, 1.165) is 0 Å². The van der Waals surface area contributed by atoms with Gasteiger partial charge in [0.15, 0.2) is 11.5 Å². The molecule has 2 N–H and O–H groups in total. The molecule has 0 aromatic heterocycles. The van der Waals surface area contributed by atoms with Crippen molar-refractivity contribution >= 4 is 24.2 Å². The fourth-order valence-corrected chi connectivity index (χ4v) is 2.57. The Morgan fingerprint density at radius 3 is 1.94 bits per heavy atom. The van der Waals surface area contributed by atoms with Crippen molar-refractivity contribution in [3.63, 3.8) is 0 Å². The number of carbonyl (C=O) groups excluding carboxylic acids is 4. The van der Waals surface area contributed by atoms with Gasteiger partial charge in [-0.3, -0.25) is 9.59 Å². The van der Waals surface area contributed by atoms with Crippen molar-refractivity contribution in [2.75, 3.05) is 19.8 Å². The van der Waals surface area contributed by atoms with E-state index in [0.29, 0.717) is 5.56 Å². The number of hydrogen-bond donors (Lipinski definition) is 1. The molecule has 1 aromatic carbocycles. The maximum Gasteiger partial charge on any atom is 0.513 e. The van der Waals surface area contributed by atoms with Gasteiger partial charge in [0.05, 0.1) is 19.1 Å². The Hall–Kier alpha value is -3.34. The molecule has 1 aromatic rings. The molecule has 0 aliphatic heterocycles. The van der Waals surface area contributed by atoms with Gasteiger partial charge in [0.25, 0.3) is 0 Å². The van der Waals surface area contributed by atoms with Crippen LogP contribution in [0.2, 0.25) is 0 Å². The summed E-state index contributed by atoms with van der Waals surface area (Å²) in [5.41, 5.74) is 6.46. The standard InChI is InChI=1S/C24H35NO10/c1-7-30-23(28)34-19-10-9-17(12-20(19)35-24(29)31-8-2)11-18(25)22(27)32-13-15(5)33-21(26)16(6)14(3)4/h9-10,12,14-16,18H,7-8,11,13,25H2,1-6H3/t15-,16?,18-/m0/s1. The molecule has 0 aliphatic rings. The van der Waals surface area contributed by atoms with E-state index in [1.54, 1.807) is 27.7 Å². The quantitative estimate of drug-likeness (QED) is 0.257. The summed E-state index contributed by atoms with van der Waals surface area (Å²) in [5.74, 6) is -1.43. The summed E-state index contributed by atoms with van der Waals surface area (Å²) >= 11 is 0. The summed E-state index contributed by atoms with van der Waals surface area (Å²) in [6.45, 7) is 10.4. The summed E-state index contributed by atoms with van der Waals surface area (Å²) in [6.07, 6.45) is -2.59. The minimum absolute atomic E-state index is 0.0241. The molecule has 0 saturated carbocycles. The van der Waals surface area contributed by atoms with Crippen molar-refractivity contribution in [1.29, 1.82) is 0 Å². The van der Waals surface area contributed by atoms with Gasteiger partial charge >= 0.3 is 24.2 Å². The second-order valence-corrected chi connectivity index (χ2v) is 8.07. The number of carbonyl (C=O) groups is 4. The summed E-state index contributed by atoms with van der Waals surface area (Å²) in [7, 11) is 0. The van der Waals surface area contributed by atoms with Crippen molar-refractivity contribution in [2.24, 2.45) is 17.6 Å². The first-order chi connectivity index (χ1) is 16.5. The van der Waals surface area contributed by atoms with Crippen LogP contribution in [-0.2, 0) is 35.0 Å². The van der Waals surface area contributed by atoms with E-state index in [1.807, 2.05) is 13.8 Å². The minimum atomic E-state index is -1.06. The van der Waals surface area contributed by atoms with Gasteiger partial charge < -0.3 is 34.2 Å². The molecule has 3 atom stereocenters. The number of nitrogens with two attached hydrogens (primary N) is 1. The zero-order valence-corrected chi connectivity index (χ0v) is 21.0. The van der Waals surface area contributed by atoms with Crippen LogP contribution >= 0.6 is 0 Å². The molecule has 0 amide bonds. The molecule has 0 spiro atoms. The highest BCUT2D eigenvalue weighted by Crippen LogP contribution is 2.30. The molecular weight excluding hydrogens is 462 g/mol. The maximum absolute atomic E-state index is 12.3. The van der Waals surface area contributed by atoms with Crippen LogP contribution in [0.25, 0.3) is 0 Å². The molecule has 0 radical (unpaired) electrons. The van der Waals surface area contributed by atoms with Crippen LogP contribution in [0, 0.1) is 11.8 Å². The van der Waals surface area contributed by atoms with E-state index in [4.69, 9.17) is 34.2 Å². The molecule has 0 heterocycles. The first kappa shape index (κ1) is 29.7. The summed E-state index contributed by atoms with van der Waals surface area (Å²) in [6, 6.07) is 3.24. The van der Waals surface area contributed by atoms with Crippen LogP contribution in [0.5, 0.6) is 11.5 Å². The lowest BCUT2D eigenvalue weighted by Crippen LogP contribution is -2.36. The van der Waals surface area contributed by atoms with E-state index in [1.165, 1.54) is 18.2 Å². The van der Waals surface area contributed by atoms with Crippen molar-refractivity contribution < 1.29 is 47.6 Å². The molecule has 0 saturated heterocycles. The van der Waals surface area contributed by atoms with Gasteiger partial charge in [-0.05, 0) is 50.8 Å². The molecule has 0 fully saturated rings. The second kappa shape index (κ2) is 14.8. The normalized spacial score (nSPS) is 13.3. The van der Waals surface area contributed by atoms with Gasteiger partial charge in [-0.15, -0.1) is 0 Å². The third-order valence-corrected chi connectivity index (χ3v) is 4.83. The third kappa shape index (κ3) is 10.6. The zero-order valence-electron chi connectivity index (χ0n) is 21.0. The van der Waals surface area contributed by atoms with Crippen LogP contribution in [0.3, 0.4) is 0 Å². The first-order valence-electron chi connectivity index (χ1n) is 11.4. The SMILES string of the molecule is CCOC(=O)Oc1ccc(C[C@H](N)C(=O)OC[C@H](C)OC(=O)C(C)C(C)C)cc1OC(=O)OCC. The monoisotopic (exact) mass is 497 g/mol. The van der Waals surface area contributed by atoms with E-state index in [-0.39, 0.29) is 55.5 Å². The lowest BCUT2D eigenvalue weighted by atomic mass is 9.98. The van der Waals surface area contributed by atoms with Gasteiger partial charge in [-0.2, -0.15) is 0 Å². The minimum Gasteiger partial charge on any atom is -0.461 e. The van der Waals surface area contributed by atoms with Gasteiger partial charge in [0.1, 0.15) is 18.8 Å². The van der Waals surface area contributed by atoms with E-state index in [2.05, 4.69) is 0 Å². The van der Waals surface area contributed by atoms with Gasteiger partial charge in [0, 0.05) is 0 Å². The van der Waals surface area contributed by atoms with Crippen LogP contribution in [0.4, 0.5) is 9.59 Å². The van der Waals surface area contributed by atoms with Gasteiger partial charge in [0.2, 0.25) is 0 Å². The number of ether oxygens (including phenoxy) is 6. The Morgan fingerprint density at radius 1 is 0.829 bits per heavy atom. The number of hydrogen-bond acceptors (Lipinski definition) is 11. The lowest BCUT2D eigenvalue weighted by Gasteiger charge is -2.19. The highest BCUT2D eigenvalue weighted by molar-refractivity contribution is 5.76. The fourth-order valence-electron chi connectivity index (χ4n) is 2.57. The second-order valence-electron chi connectivity index (χ2n) is 8.07. The zero-order chi connectivity index (χ0) is 26.5. The molecule has 1 rings (SSSR count). The molecule has 196 valence electrons. The Balaban J connectivity index is 2.79. The topological polar surface area (TPSA) is 150 Å². The van der Waals surface area contributed by atoms with Crippen LogP contribution < -0.4 is 15.2 Å². The molecular formula is C24H35NO10. The predicted molar refractivity (Wildman–Crippen MR) is 124 cm³/mol. The largest absolute Gasteiger partial charge is 0.513 e. The summed E-state index contributed by atoms with van der Waals surface area (Å²) in [5, 5.41) is 0. The van der Waals surface area contributed by atoms with E-state index >= 15 is 0 Å². The smallest absolute Gasteiger partial charge is 0.461 e. The Labute approximate surface area is 205 Å². The first-order valence-corrected chi connectivity index (χ1v) is 11.4. The lowest BCUT2D eigenvalue weighted by molar-refractivity contribution is -0.162. The Morgan fingerprint density at radius 2 is 1.40 bits per heavy atom. The Kier molecular flexibility index (Phi) is 12.6. The summed E-state index contributed by atoms with van der Waals surface area (Å²) in [4.78, 5) is 47.8. The number of rotatable bonds is 12. The van der Waals surface area contributed by atoms with Gasteiger partial charge in [-0.25, -0.2) is 9.59 Å². The van der Waals surface area contributed by atoms with E-state index < -0.39 is 30.4 Å². The molecule has 35 heavy (non-hydrogen) atoms. The Bertz CT molecular complexity index is 870. The maximum atomic E-state index is 12.3. The van der Waals surface area contributed by atoms with Crippen LogP contribution in [-0.4, -0.2) is 56.2 Å². The van der Waals surface area contributed by atoms with Crippen molar-refractivity contribution in [3.05, 3.63) is 23.8 Å². The number of esters is 2. The fraction of sp³-hybridized carbons (Fsp3) is 0.583. The highest BCUT2D eigenvalue weighted by atomic mass is 16.7. The van der Waals surface area contributed by atoms with Crippen molar-refractivity contribution in [3.8, 4) is 11.5 Å². The van der Waals surface area contributed by atoms with Crippen LogP contribution in [0.15, 0.2) is 18.2 Å². The van der Waals surface area contributed by atoms with Crippen LogP contribution in [0.1, 0.15) is 47.1 Å². The van der Waals surface area contributed by atoms with E-state index in [9.17, 15) is 19.2 Å². The molecule has 0 aliphatic carbocycles. The molecule has 0 bridgehead atoms. The highest BCUT2D eigenvalue weighted by Gasteiger charge is 2.23. The average Bonchev–Trinajstić information content (AvgIpc) is 2.78. The molecule has 11 nitrogen and oxygen atoms in total. The number of benzene rings is 1.